The molecule has 2 amide bonds. The van der Waals surface area contributed by atoms with Crippen LogP contribution in [-0.2, 0) is 9.59 Å². The van der Waals surface area contributed by atoms with Crippen LogP contribution in [0.4, 0.5) is 0 Å². The van der Waals surface area contributed by atoms with E-state index in [0.29, 0.717) is 25.7 Å². The van der Waals surface area contributed by atoms with Crippen LogP contribution >= 0.6 is 0 Å². The van der Waals surface area contributed by atoms with E-state index in [-0.39, 0.29) is 17.9 Å². The number of rotatable bonds is 9. The molecule has 1 heterocycles. The van der Waals surface area contributed by atoms with E-state index in [1.807, 2.05) is 38.1 Å². The van der Waals surface area contributed by atoms with Crippen molar-refractivity contribution in [1.82, 2.24) is 20.4 Å². The number of hydrogen-bond donors (Lipinski definition) is 2. The molecule has 1 unspecified atom stereocenters. The molecule has 0 aromatic heterocycles. The van der Waals surface area contributed by atoms with E-state index in [1.54, 1.807) is 0 Å². The van der Waals surface area contributed by atoms with E-state index in [4.69, 9.17) is 4.74 Å². The van der Waals surface area contributed by atoms with Crippen LogP contribution in [0.15, 0.2) is 24.3 Å². The van der Waals surface area contributed by atoms with E-state index in [0.717, 1.165) is 50.3 Å². The van der Waals surface area contributed by atoms with Crippen LogP contribution in [0.5, 0.6) is 5.75 Å². The third-order valence-electron chi connectivity index (χ3n) is 5.31. The molecule has 7 heteroatoms. The summed E-state index contributed by atoms with van der Waals surface area (Å²) in [6, 6.07) is 8.17. The third-order valence-corrected chi connectivity index (χ3v) is 5.31. The minimum atomic E-state index is -0.102. The first kappa shape index (κ1) is 20.6. The number of carbonyl (C=O) groups is 2. The molecule has 3 rings (SSSR count). The fraction of sp³-hybridized carbons (Fsp3) is 0.619. The summed E-state index contributed by atoms with van der Waals surface area (Å²) in [6.45, 7) is 8.54. The lowest BCUT2D eigenvalue weighted by Crippen LogP contribution is -2.55. The quantitative estimate of drug-likeness (QED) is 0.612. The van der Waals surface area contributed by atoms with Gasteiger partial charge >= 0.3 is 0 Å². The van der Waals surface area contributed by atoms with Crippen LogP contribution in [0.25, 0.3) is 0 Å². The number of nitrogens with zero attached hydrogens (tertiary/aromatic N) is 2. The Hall–Kier alpha value is -2.12. The Morgan fingerprint density at radius 1 is 1.21 bits per heavy atom. The molecule has 1 atom stereocenters. The van der Waals surface area contributed by atoms with Crippen LogP contribution < -0.4 is 15.4 Å². The standard InChI is InChI=1S/C21H32N4O3/c1-16-4-3-5-19(14-16)28-13-8-22-20(26)15-24-9-11-25(12-10-24)17(2)21(27)23-18-6-7-18/h3-5,14,17-18H,6-13,15H2,1-2H3,(H,22,26)(H,23,27). The second kappa shape index (κ2) is 9.89. The zero-order valence-electron chi connectivity index (χ0n) is 16.9. The molecule has 1 saturated heterocycles. The van der Waals surface area contributed by atoms with Crippen molar-refractivity contribution in [2.24, 2.45) is 0 Å². The summed E-state index contributed by atoms with van der Waals surface area (Å²) < 4.78 is 5.65. The number of piperazine rings is 1. The summed E-state index contributed by atoms with van der Waals surface area (Å²) in [5.74, 6) is 0.966. The molecule has 7 nitrogen and oxygen atoms in total. The molecule has 1 saturated carbocycles. The number of benzene rings is 1. The first-order valence-electron chi connectivity index (χ1n) is 10.2. The van der Waals surface area contributed by atoms with Gasteiger partial charge in [-0.1, -0.05) is 12.1 Å². The Kier molecular flexibility index (Phi) is 7.28. The van der Waals surface area contributed by atoms with Gasteiger partial charge in [0.15, 0.2) is 0 Å². The topological polar surface area (TPSA) is 73.9 Å². The van der Waals surface area contributed by atoms with Crippen LogP contribution in [0.2, 0.25) is 0 Å². The minimum absolute atomic E-state index is 0.0146. The van der Waals surface area contributed by atoms with Gasteiger partial charge in [0.1, 0.15) is 12.4 Å². The first-order chi connectivity index (χ1) is 13.5. The number of aryl methyl sites for hydroxylation is 1. The Morgan fingerprint density at radius 3 is 2.64 bits per heavy atom. The zero-order valence-corrected chi connectivity index (χ0v) is 16.9. The smallest absolute Gasteiger partial charge is 0.237 e. The molecule has 2 aliphatic rings. The monoisotopic (exact) mass is 388 g/mol. The highest BCUT2D eigenvalue weighted by atomic mass is 16.5. The lowest BCUT2D eigenvalue weighted by Gasteiger charge is -2.37. The predicted octanol–water partition coefficient (Wildman–Crippen LogP) is 0.775. The lowest BCUT2D eigenvalue weighted by atomic mass is 10.2. The fourth-order valence-corrected chi connectivity index (χ4v) is 3.35. The molecule has 154 valence electrons. The first-order valence-corrected chi connectivity index (χ1v) is 10.2. The molecule has 0 bridgehead atoms. The van der Waals surface area contributed by atoms with Crippen molar-refractivity contribution in [3.63, 3.8) is 0 Å². The molecule has 2 N–H and O–H groups in total. The minimum Gasteiger partial charge on any atom is -0.492 e. The van der Waals surface area contributed by atoms with Gasteiger partial charge in [-0.05, 0) is 44.4 Å². The van der Waals surface area contributed by atoms with Gasteiger partial charge in [-0.25, -0.2) is 0 Å². The van der Waals surface area contributed by atoms with Crippen molar-refractivity contribution in [3.05, 3.63) is 29.8 Å². The Morgan fingerprint density at radius 2 is 1.96 bits per heavy atom. The highest BCUT2D eigenvalue weighted by Gasteiger charge is 2.30. The summed E-state index contributed by atoms with van der Waals surface area (Å²) in [5.41, 5.74) is 1.15. The van der Waals surface area contributed by atoms with Gasteiger partial charge in [-0.3, -0.25) is 19.4 Å². The Labute approximate surface area is 167 Å². The van der Waals surface area contributed by atoms with Gasteiger partial charge in [0.25, 0.3) is 0 Å². The third kappa shape index (κ3) is 6.49. The highest BCUT2D eigenvalue weighted by Crippen LogP contribution is 2.19. The molecular formula is C21H32N4O3. The van der Waals surface area contributed by atoms with Crippen molar-refractivity contribution in [2.45, 2.75) is 38.8 Å². The van der Waals surface area contributed by atoms with Crippen molar-refractivity contribution in [1.29, 1.82) is 0 Å². The summed E-state index contributed by atoms with van der Waals surface area (Å²) in [4.78, 5) is 28.7. The number of amides is 2. The van der Waals surface area contributed by atoms with Crippen molar-refractivity contribution in [2.75, 3.05) is 45.9 Å². The number of hydrogen-bond acceptors (Lipinski definition) is 5. The molecule has 1 aliphatic heterocycles. The van der Waals surface area contributed by atoms with Crippen molar-refractivity contribution < 1.29 is 14.3 Å². The summed E-state index contributed by atoms with van der Waals surface area (Å²) in [6.07, 6.45) is 2.22. The van der Waals surface area contributed by atoms with Gasteiger partial charge < -0.3 is 15.4 Å². The van der Waals surface area contributed by atoms with Crippen LogP contribution in [0.3, 0.4) is 0 Å². The number of carbonyl (C=O) groups excluding carboxylic acids is 2. The molecule has 28 heavy (non-hydrogen) atoms. The van der Waals surface area contributed by atoms with Gasteiger partial charge in [0, 0.05) is 32.2 Å². The summed E-state index contributed by atoms with van der Waals surface area (Å²) >= 11 is 0. The van der Waals surface area contributed by atoms with Crippen molar-refractivity contribution >= 4 is 11.8 Å². The number of nitrogens with one attached hydrogen (secondary N) is 2. The molecule has 1 aromatic rings. The Bertz CT molecular complexity index is 669. The average molecular weight is 389 g/mol. The molecule has 0 spiro atoms. The maximum absolute atomic E-state index is 12.2. The fourth-order valence-electron chi connectivity index (χ4n) is 3.35. The molecule has 0 radical (unpaired) electrons. The second-order valence-electron chi connectivity index (χ2n) is 7.79. The van der Waals surface area contributed by atoms with Crippen LogP contribution in [0, 0.1) is 6.92 Å². The van der Waals surface area contributed by atoms with Gasteiger partial charge in [-0.2, -0.15) is 0 Å². The molecule has 1 aromatic carbocycles. The molecular weight excluding hydrogens is 356 g/mol. The SMILES string of the molecule is Cc1cccc(OCCNC(=O)CN2CCN(C(C)C(=O)NC3CC3)CC2)c1. The van der Waals surface area contributed by atoms with Crippen LogP contribution in [-0.4, -0.2) is 79.6 Å². The van der Waals surface area contributed by atoms with E-state index in [9.17, 15) is 9.59 Å². The zero-order chi connectivity index (χ0) is 19.9. The van der Waals surface area contributed by atoms with E-state index in [2.05, 4.69) is 20.4 Å². The van der Waals surface area contributed by atoms with E-state index < -0.39 is 0 Å². The van der Waals surface area contributed by atoms with Gasteiger partial charge in [0.2, 0.25) is 11.8 Å². The lowest BCUT2D eigenvalue weighted by molar-refractivity contribution is -0.128. The average Bonchev–Trinajstić information content (AvgIpc) is 3.49. The molecule has 1 aliphatic carbocycles. The normalized spacial score (nSPS) is 19.1. The maximum atomic E-state index is 12.2. The van der Waals surface area contributed by atoms with E-state index >= 15 is 0 Å². The highest BCUT2D eigenvalue weighted by molar-refractivity contribution is 5.82. The van der Waals surface area contributed by atoms with Crippen LogP contribution in [0.1, 0.15) is 25.3 Å². The molecule has 2 fully saturated rings. The number of ether oxygens (including phenoxy) is 1. The summed E-state index contributed by atoms with van der Waals surface area (Å²) in [7, 11) is 0. The maximum Gasteiger partial charge on any atom is 0.237 e. The van der Waals surface area contributed by atoms with Crippen molar-refractivity contribution in [3.8, 4) is 5.75 Å². The largest absolute Gasteiger partial charge is 0.492 e. The second-order valence-corrected chi connectivity index (χ2v) is 7.79. The Balaban J connectivity index is 1.28. The summed E-state index contributed by atoms with van der Waals surface area (Å²) in [5, 5.41) is 5.98. The van der Waals surface area contributed by atoms with Gasteiger partial charge in [-0.15, -0.1) is 0 Å². The predicted molar refractivity (Wildman–Crippen MR) is 108 cm³/mol. The van der Waals surface area contributed by atoms with Gasteiger partial charge in [0.05, 0.1) is 19.1 Å². The van der Waals surface area contributed by atoms with E-state index in [1.165, 1.54) is 0 Å².